The van der Waals surface area contributed by atoms with Crippen LogP contribution in [0, 0.1) is 0 Å². The number of H-pyrrole nitrogens is 1. The number of ether oxygens (including phenoxy) is 1. The first kappa shape index (κ1) is 21.4. The molecule has 1 aliphatic rings. The molecule has 1 aliphatic heterocycles. The normalized spacial score (nSPS) is 16.7. The van der Waals surface area contributed by atoms with Gasteiger partial charge in [-0.1, -0.05) is 41.4 Å². The van der Waals surface area contributed by atoms with Crippen molar-refractivity contribution in [3.8, 4) is 11.5 Å². The van der Waals surface area contributed by atoms with E-state index >= 15 is 0 Å². The van der Waals surface area contributed by atoms with Gasteiger partial charge in [0, 0.05) is 16.0 Å². The molecule has 1 aromatic heterocycles. The Morgan fingerprint density at radius 1 is 1.17 bits per heavy atom. The fraction of sp³-hybridized carbons (Fsp3) is 0.318. The summed E-state index contributed by atoms with van der Waals surface area (Å²) in [4.78, 5) is 16.2. The highest BCUT2D eigenvalue weighted by Crippen LogP contribution is 2.39. The first-order chi connectivity index (χ1) is 14.5. The molecule has 1 unspecified atom stereocenters. The predicted molar refractivity (Wildman–Crippen MR) is 123 cm³/mol. The fourth-order valence-corrected chi connectivity index (χ4v) is 5.05. The number of pyridine rings is 1. The third-order valence-electron chi connectivity index (χ3n) is 5.15. The van der Waals surface area contributed by atoms with Gasteiger partial charge in [-0.3, -0.25) is 4.79 Å². The van der Waals surface area contributed by atoms with Crippen molar-refractivity contribution in [1.82, 2.24) is 10.3 Å². The number of rotatable bonds is 6. The van der Waals surface area contributed by atoms with Gasteiger partial charge in [0.05, 0.1) is 22.5 Å². The molecule has 0 radical (unpaired) electrons. The first-order valence-electron chi connectivity index (χ1n) is 9.89. The maximum absolute atomic E-state index is 12.5. The molecule has 0 saturated carbocycles. The lowest BCUT2D eigenvalue weighted by Crippen LogP contribution is -2.35. The van der Waals surface area contributed by atoms with E-state index in [2.05, 4.69) is 10.3 Å². The van der Waals surface area contributed by atoms with Gasteiger partial charge in [-0.2, -0.15) is 0 Å². The number of hydrogen-bond donors (Lipinski definition) is 3. The zero-order chi connectivity index (χ0) is 21.1. The Balaban J connectivity index is 1.45. The summed E-state index contributed by atoms with van der Waals surface area (Å²) in [6.07, 6.45) is 4.73. The van der Waals surface area contributed by atoms with Crippen LogP contribution in [-0.4, -0.2) is 29.3 Å². The molecule has 1 fully saturated rings. The first-order valence-corrected chi connectivity index (χ1v) is 11.5. The average Bonchev–Trinajstić information content (AvgIpc) is 2.72. The van der Waals surface area contributed by atoms with Crippen molar-refractivity contribution in [3.05, 3.63) is 56.8 Å². The number of hydrogen-bond acceptors (Lipinski definition) is 5. The van der Waals surface area contributed by atoms with Gasteiger partial charge in [-0.15, -0.1) is 0 Å². The van der Waals surface area contributed by atoms with Crippen LogP contribution in [0.5, 0.6) is 11.5 Å². The van der Waals surface area contributed by atoms with Crippen LogP contribution in [-0.2, 0) is 0 Å². The molecule has 5 nitrogen and oxygen atoms in total. The van der Waals surface area contributed by atoms with Crippen molar-refractivity contribution >= 4 is 45.9 Å². The van der Waals surface area contributed by atoms with E-state index in [-0.39, 0.29) is 15.7 Å². The molecule has 3 aromatic rings. The van der Waals surface area contributed by atoms with E-state index in [1.165, 1.54) is 37.1 Å². The highest BCUT2D eigenvalue weighted by Gasteiger charge is 2.17. The molecule has 0 aliphatic carbocycles. The number of fused-ring (bicyclic) bond motifs is 1. The zero-order valence-corrected chi connectivity index (χ0v) is 18.5. The Morgan fingerprint density at radius 3 is 2.70 bits per heavy atom. The van der Waals surface area contributed by atoms with Gasteiger partial charge in [0.15, 0.2) is 0 Å². The fourth-order valence-electron chi connectivity index (χ4n) is 3.62. The van der Waals surface area contributed by atoms with Crippen molar-refractivity contribution in [2.24, 2.45) is 0 Å². The van der Waals surface area contributed by atoms with Gasteiger partial charge in [0.2, 0.25) is 0 Å². The van der Waals surface area contributed by atoms with Crippen LogP contribution >= 0.6 is 35.0 Å². The number of halogens is 2. The van der Waals surface area contributed by atoms with E-state index in [4.69, 9.17) is 27.9 Å². The van der Waals surface area contributed by atoms with E-state index in [0.717, 1.165) is 23.6 Å². The van der Waals surface area contributed by atoms with Gasteiger partial charge in [-0.05, 0) is 62.2 Å². The lowest BCUT2D eigenvalue weighted by Gasteiger charge is -2.23. The SMILES string of the molecule is O=c1[nH]c2cc(Cl)cc(Cl)c2c(O)c1Sc1ccc(OCCC2CCCCN2)cc1. The summed E-state index contributed by atoms with van der Waals surface area (Å²) in [5, 5.41) is 15.2. The number of piperidine rings is 1. The van der Waals surface area contributed by atoms with E-state index in [1.807, 2.05) is 24.3 Å². The molecule has 1 atom stereocenters. The summed E-state index contributed by atoms with van der Waals surface area (Å²) in [6.45, 7) is 1.76. The largest absolute Gasteiger partial charge is 0.506 e. The second-order valence-electron chi connectivity index (χ2n) is 7.30. The number of aromatic nitrogens is 1. The van der Waals surface area contributed by atoms with Crippen molar-refractivity contribution in [2.45, 2.75) is 41.5 Å². The maximum Gasteiger partial charge on any atom is 0.266 e. The molecule has 30 heavy (non-hydrogen) atoms. The molecular formula is C22H22Cl2N2O3S. The Bertz CT molecular complexity index is 1100. The van der Waals surface area contributed by atoms with Crippen molar-refractivity contribution in [2.75, 3.05) is 13.2 Å². The molecule has 0 amide bonds. The molecule has 1 saturated heterocycles. The highest BCUT2D eigenvalue weighted by atomic mass is 35.5. The van der Waals surface area contributed by atoms with Gasteiger partial charge in [0.1, 0.15) is 16.4 Å². The molecular weight excluding hydrogens is 443 g/mol. The molecule has 8 heteroatoms. The van der Waals surface area contributed by atoms with E-state index in [1.54, 1.807) is 6.07 Å². The number of benzene rings is 2. The Morgan fingerprint density at radius 2 is 1.97 bits per heavy atom. The van der Waals surface area contributed by atoms with Crippen molar-refractivity contribution in [1.29, 1.82) is 0 Å². The molecule has 2 aromatic carbocycles. The highest BCUT2D eigenvalue weighted by molar-refractivity contribution is 7.99. The number of aromatic hydroxyl groups is 1. The Hall–Kier alpha value is -1.86. The second-order valence-corrected chi connectivity index (χ2v) is 9.23. The smallest absolute Gasteiger partial charge is 0.266 e. The predicted octanol–water partition coefficient (Wildman–Crippen LogP) is 5.60. The topological polar surface area (TPSA) is 74.4 Å². The average molecular weight is 465 g/mol. The molecule has 4 rings (SSSR count). The van der Waals surface area contributed by atoms with Gasteiger partial charge >= 0.3 is 0 Å². The van der Waals surface area contributed by atoms with Crippen LogP contribution < -0.4 is 15.6 Å². The summed E-state index contributed by atoms with van der Waals surface area (Å²) in [5.41, 5.74) is -0.000745. The van der Waals surface area contributed by atoms with Crippen LogP contribution in [0.4, 0.5) is 0 Å². The molecule has 0 spiro atoms. The van der Waals surface area contributed by atoms with Crippen LogP contribution in [0.15, 0.2) is 51.0 Å². The quantitative estimate of drug-likeness (QED) is 0.442. The van der Waals surface area contributed by atoms with E-state index in [0.29, 0.717) is 28.6 Å². The third-order valence-corrected chi connectivity index (χ3v) is 6.76. The minimum absolute atomic E-state index is 0.152. The second kappa shape index (κ2) is 9.52. The number of aromatic amines is 1. The standard InChI is InChI=1S/C22H22Cl2N2O3S/c23-13-11-17(24)19-18(12-13)26-22(28)21(20(19)27)30-16-6-4-15(5-7-16)29-10-8-14-3-1-2-9-25-14/h4-7,11-12,14,25H,1-3,8-10H2,(H2,26,27,28). The minimum Gasteiger partial charge on any atom is -0.506 e. The lowest BCUT2D eigenvalue weighted by atomic mass is 10.0. The minimum atomic E-state index is -0.399. The molecule has 158 valence electrons. The summed E-state index contributed by atoms with van der Waals surface area (Å²) in [7, 11) is 0. The summed E-state index contributed by atoms with van der Waals surface area (Å²) < 4.78 is 5.85. The van der Waals surface area contributed by atoms with Crippen molar-refractivity contribution in [3.63, 3.8) is 0 Å². The lowest BCUT2D eigenvalue weighted by molar-refractivity contribution is 0.268. The third kappa shape index (κ3) is 4.89. The zero-order valence-electron chi connectivity index (χ0n) is 16.2. The van der Waals surface area contributed by atoms with Gasteiger partial charge < -0.3 is 20.1 Å². The van der Waals surface area contributed by atoms with Crippen LogP contribution in [0.2, 0.25) is 10.0 Å². The van der Waals surface area contributed by atoms with Crippen molar-refractivity contribution < 1.29 is 9.84 Å². The van der Waals surface area contributed by atoms with Crippen LogP contribution in [0.1, 0.15) is 25.7 Å². The van der Waals surface area contributed by atoms with E-state index < -0.39 is 5.56 Å². The summed E-state index contributed by atoms with van der Waals surface area (Å²) >= 11 is 13.4. The molecule has 3 N–H and O–H groups in total. The van der Waals surface area contributed by atoms with Crippen LogP contribution in [0.3, 0.4) is 0 Å². The van der Waals surface area contributed by atoms with E-state index in [9.17, 15) is 9.90 Å². The summed E-state index contributed by atoms with van der Waals surface area (Å²) in [6, 6.07) is 11.1. The Labute approximate surface area is 188 Å². The maximum atomic E-state index is 12.5. The van der Waals surface area contributed by atoms with Gasteiger partial charge in [0.25, 0.3) is 5.56 Å². The number of nitrogens with one attached hydrogen (secondary N) is 2. The van der Waals surface area contributed by atoms with Gasteiger partial charge in [-0.25, -0.2) is 0 Å². The summed E-state index contributed by atoms with van der Waals surface area (Å²) in [5.74, 6) is 0.630. The molecule has 0 bridgehead atoms. The Kier molecular flexibility index (Phi) is 6.78. The van der Waals surface area contributed by atoms with Crippen LogP contribution in [0.25, 0.3) is 10.9 Å². The molecule has 2 heterocycles. The monoisotopic (exact) mass is 464 g/mol.